The second-order valence-corrected chi connectivity index (χ2v) is 8.33. The Morgan fingerprint density at radius 3 is 2.63 bits per heavy atom. The summed E-state index contributed by atoms with van der Waals surface area (Å²) in [5.74, 6) is 0.517. The summed E-state index contributed by atoms with van der Waals surface area (Å²) in [7, 11) is 0. The summed E-state index contributed by atoms with van der Waals surface area (Å²) >= 11 is 1.41. The molecule has 6 nitrogen and oxygen atoms in total. The van der Waals surface area contributed by atoms with E-state index in [0.717, 1.165) is 40.5 Å². The molecule has 30 heavy (non-hydrogen) atoms. The molecule has 1 aliphatic carbocycles. The molecule has 2 amide bonds. The number of para-hydroxylation sites is 1. The highest BCUT2D eigenvalue weighted by Crippen LogP contribution is 2.30. The minimum atomic E-state index is -0.0505. The van der Waals surface area contributed by atoms with Crippen molar-refractivity contribution in [2.75, 3.05) is 11.1 Å². The van der Waals surface area contributed by atoms with Gasteiger partial charge >= 0.3 is 0 Å². The lowest BCUT2D eigenvalue weighted by atomic mass is 10.2. The largest absolute Gasteiger partial charge is 0.351 e. The fraction of sp³-hybridized carbons (Fsp3) is 0.261. The van der Waals surface area contributed by atoms with Crippen LogP contribution in [0.15, 0.2) is 66.1 Å². The van der Waals surface area contributed by atoms with Gasteiger partial charge in [0.25, 0.3) is 0 Å². The first kappa shape index (κ1) is 20.2. The molecule has 0 atom stereocenters. The molecule has 3 aromatic rings. The van der Waals surface area contributed by atoms with Gasteiger partial charge in [-0.1, -0.05) is 42.1 Å². The van der Waals surface area contributed by atoms with Crippen molar-refractivity contribution < 1.29 is 9.59 Å². The molecule has 1 heterocycles. The van der Waals surface area contributed by atoms with E-state index < -0.39 is 0 Å². The normalized spacial score (nSPS) is 13.1. The van der Waals surface area contributed by atoms with Crippen molar-refractivity contribution in [3.63, 3.8) is 0 Å². The van der Waals surface area contributed by atoms with E-state index in [0.29, 0.717) is 12.3 Å². The summed E-state index contributed by atoms with van der Waals surface area (Å²) in [4.78, 5) is 28.5. The Labute approximate surface area is 180 Å². The van der Waals surface area contributed by atoms with Crippen molar-refractivity contribution in [3.8, 4) is 5.69 Å². The van der Waals surface area contributed by atoms with Gasteiger partial charge in [-0.15, -0.1) is 0 Å². The number of nitrogens with zero attached hydrogens (tertiary/aromatic N) is 2. The van der Waals surface area contributed by atoms with E-state index in [9.17, 15) is 9.59 Å². The van der Waals surface area contributed by atoms with Crippen LogP contribution in [0.25, 0.3) is 5.69 Å². The van der Waals surface area contributed by atoms with Gasteiger partial charge in [0, 0.05) is 30.5 Å². The van der Waals surface area contributed by atoms with Crippen LogP contribution in [0.2, 0.25) is 0 Å². The standard InChI is InChI=1S/C23H24N4O2S/c1-16-4-2-3-5-20(16)27-13-12-24-23(27)30-15-21(28)25-14-17-6-10-19(11-7-17)26-22(29)18-8-9-18/h2-7,10-13,18H,8-9,14-15H2,1H3,(H,25,28)(H,26,29). The van der Waals surface area contributed by atoms with E-state index in [1.807, 2.05) is 53.2 Å². The number of amides is 2. The highest BCUT2D eigenvalue weighted by atomic mass is 32.2. The number of carbonyl (C=O) groups excluding carboxylic acids is 2. The van der Waals surface area contributed by atoms with Crippen molar-refractivity contribution in [1.29, 1.82) is 0 Å². The lowest BCUT2D eigenvalue weighted by Gasteiger charge is -2.10. The predicted octanol–water partition coefficient (Wildman–Crippen LogP) is 3.94. The van der Waals surface area contributed by atoms with E-state index in [1.165, 1.54) is 11.8 Å². The van der Waals surface area contributed by atoms with E-state index in [2.05, 4.69) is 28.6 Å². The van der Waals surface area contributed by atoms with Gasteiger partial charge in [0.2, 0.25) is 11.8 Å². The number of hydrogen-bond donors (Lipinski definition) is 2. The summed E-state index contributed by atoms with van der Waals surface area (Å²) < 4.78 is 2.00. The number of thioether (sulfide) groups is 1. The second-order valence-electron chi connectivity index (χ2n) is 7.39. The van der Waals surface area contributed by atoms with Crippen LogP contribution in [-0.2, 0) is 16.1 Å². The molecule has 4 rings (SSSR count). The Morgan fingerprint density at radius 2 is 1.90 bits per heavy atom. The minimum Gasteiger partial charge on any atom is -0.351 e. The van der Waals surface area contributed by atoms with Crippen LogP contribution in [0, 0.1) is 12.8 Å². The fourth-order valence-corrected chi connectivity index (χ4v) is 3.89. The number of anilines is 1. The Morgan fingerprint density at radius 1 is 1.13 bits per heavy atom. The number of carbonyl (C=O) groups is 2. The molecule has 154 valence electrons. The maximum absolute atomic E-state index is 12.3. The van der Waals surface area contributed by atoms with Crippen LogP contribution in [0.4, 0.5) is 5.69 Å². The minimum absolute atomic E-state index is 0.0505. The van der Waals surface area contributed by atoms with E-state index in [1.54, 1.807) is 6.20 Å². The smallest absolute Gasteiger partial charge is 0.230 e. The first-order valence-corrected chi connectivity index (χ1v) is 11.0. The van der Waals surface area contributed by atoms with E-state index >= 15 is 0 Å². The van der Waals surface area contributed by atoms with Crippen molar-refractivity contribution in [3.05, 3.63) is 72.1 Å². The third-order valence-corrected chi connectivity index (χ3v) is 5.94. The molecular formula is C23H24N4O2S. The molecule has 0 saturated heterocycles. The summed E-state index contributed by atoms with van der Waals surface area (Å²) in [6.07, 6.45) is 5.63. The maximum Gasteiger partial charge on any atom is 0.230 e. The Kier molecular flexibility index (Phi) is 6.18. The number of imidazole rings is 1. The van der Waals surface area contributed by atoms with Crippen molar-refractivity contribution in [2.24, 2.45) is 5.92 Å². The van der Waals surface area contributed by atoms with Gasteiger partial charge < -0.3 is 10.6 Å². The average molecular weight is 421 g/mol. The monoisotopic (exact) mass is 420 g/mol. The summed E-state index contributed by atoms with van der Waals surface area (Å²) in [6, 6.07) is 15.7. The molecule has 1 aromatic heterocycles. The summed E-state index contributed by atoms with van der Waals surface area (Å²) in [5, 5.41) is 6.64. The van der Waals surface area contributed by atoms with Crippen LogP contribution in [0.3, 0.4) is 0 Å². The molecule has 0 radical (unpaired) electrons. The first-order valence-electron chi connectivity index (χ1n) is 9.99. The van der Waals surface area contributed by atoms with Gasteiger partial charge in [0.05, 0.1) is 11.4 Å². The number of nitrogens with one attached hydrogen (secondary N) is 2. The number of hydrogen-bond acceptors (Lipinski definition) is 4. The molecule has 1 aliphatic rings. The Hall–Kier alpha value is -3.06. The quantitative estimate of drug-likeness (QED) is 0.541. The van der Waals surface area contributed by atoms with E-state index in [-0.39, 0.29) is 17.7 Å². The van der Waals surface area contributed by atoms with Crippen molar-refractivity contribution in [1.82, 2.24) is 14.9 Å². The van der Waals surface area contributed by atoms with Crippen LogP contribution in [0.5, 0.6) is 0 Å². The lowest BCUT2D eigenvalue weighted by molar-refractivity contribution is -0.119. The molecule has 7 heteroatoms. The third kappa shape index (κ3) is 5.10. The topological polar surface area (TPSA) is 76.0 Å². The molecule has 2 aromatic carbocycles. The number of rotatable bonds is 8. The fourth-order valence-electron chi connectivity index (χ4n) is 3.09. The number of aromatic nitrogens is 2. The molecule has 1 saturated carbocycles. The molecule has 0 aliphatic heterocycles. The number of aryl methyl sites for hydroxylation is 1. The molecule has 2 N–H and O–H groups in total. The summed E-state index contributed by atoms with van der Waals surface area (Å²) in [5.41, 5.74) is 3.99. The SMILES string of the molecule is Cc1ccccc1-n1ccnc1SCC(=O)NCc1ccc(NC(=O)C2CC2)cc1. The van der Waals surface area contributed by atoms with Crippen LogP contribution in [-0.4, -0.2) is 27.1 Å². The highest BCUT2D eigenvalue weighted by Gasteiger charge is 2.29. The van der Waals surface area contributed by atoms with Gasteiger partial charge in [-0.05, 0) is 49.1 Å². The zero-order valence-corrected chi connectivity index (χ0v) is 17.6. The molecular weight excluding hydrogens is 396 g/mol. The van der Waals surface area contributed by atoms with Crippen molar-refractivity contribution in [2.45, 2.75) is 31.5 Å². The van der Waals surface area contributed by atoms with Gasteiger partial charge in [-0.3, -0.25) is 14.2 Å². The van der Waals surface area contributed by atoms with Crippen molar-refractivity contribution >= 4 is 29.3 Å². The molecule has 1 fully saturated rings. The molecule has 0 unspecified atom stereocenters. The zero-order valence-electron chi connectivity index (χ0n) is 16.8. The van der Waals surface area contributed by atoms with Crippen LogP contribution < -0.4 is 10.6 Å². The first-order chi connectivity index (χ1) is 14.6. The Bertz CT molecular complexity index is 1040. The average Bonchev–Trinajstić information content (AvgIpc) is 3.51. The molecule has 0 spiro atoms. The third-order valence-electron chi connectivity index (χ3n) is 4.97. The Balaban J connectivity index is 1.26. The van der Waals surface area contributed by atoms with Gasteiger partial charge in [-0.2, -0.15) is 0 Å². The van der Waals surface area contributed by atoms with Gasteiger partial charge in [0.1, 0.15) is 0 Å². The summed E-state index contributed by atoms with van der Waals surface area (Å²) in [6.45, 7) is 2.50. The van der Waals surface area contributed by atoms with Gasteiger partial charge in [-0.25, -0.2) is 4.98 Å². The van der Waals surface area contributed by atoms with Crippen LogP contribution in [0.1, 0.15) is 24.0 Å². The second kappa shape index (κ2) is 9.17. The predicted molar refractivity (Wildman–Crippen MR) is 119 cm³/mol. The lowest BCUT2D eigenvalue weighted by Crippen LogP contribution is -2.24. The zero-order chi connectivity index (χ0) is 20.9. The number of benzene rings is 2. The molecule has 0 bridgehead atoms. The van der Waals surface area contributed by atoms with Crippen LogP contribution >= 0.6 is 11.8 Å². The highest BCUT2D eigenvalue weighted by molar-refractivity contribution is 7.99. The van der Waals surface area contributed by atoms with E-state index in [4.69, 9.17) is 0 Å². The van der Waals surface area contributed by atoms with Gasteiger partial charge in [0.15, 0.2) is 5.16 Å². The maximum atomic E-state index is 12.3.